The Hall–Kier alpha value is -0.900. The van der Waals surface area contributed by atoms with Crippen LogP contribution in [0.2, 0.25) is 0 Å². The van der Waals surface area contributed by atoms with E-state index in [1.807, 2.05) is 38.1 Å². The molecule has 0 bridgehead atoms. The minimum Gasteiger partial charge on any atom is -0.394 e. The van der Waals surface area contributed by atoms with Gasteiger partial charge in [-0.25, -0.2) is 0 Å². The van der Waals surface area contributed by atoms with Crippen molar-refractivity contribution < 1.29 is 14.6 Å². The summed E-state index contributed by atoms with van der Waals surface area (Å²) in [4.78, 5) is 0. The summed E-state index contributed by atoms with van der Waals surface area (Å²) in [6.07, 6.45) is -0.212. The molecule has 1 aliphatic rings. The first kappa shape index (κ1) is 10.6. The zero-order chi connectivity index (χ0) is 10.9. The molecule has 2 atom stereocenters. The van der Waals surface area contributed by atoms with Gasteiger partial charge < -0.3 is 14.6 Å². The number of hydrogen-bond donors (Lipinski definition) is 1. The van der Waals surface area contributed by atoms with Gasteiger partial charge in [-0.15, -0.1) is 0 Å². The lowest BCUT2D eigenvalue weighted by Gasteiger charge is -2.23. The van der Waals surface area contributed by atoms with Crippen LogP contribution in [0, 0.1) is 6.92 Å². The first-order chi connectivity index (χ1) is 7.14. The smallest absolute Gasteiger partial charge is 0.192 e. The third-order valence-electron chi connectivity index (χ3n) is 2.68. The number of hydrogen-bond acceptors (Lipinski definition) is 3. The van der Waals surface area contributed by atoms with Gasteiger partial charge in [0.25, 0.3) is 0 Å². The molecule has 3 heteroatoms. The van der Waals surface area contributed by atoms with Gasteiger partial charge in [0, 0.05) is 5.56 Å². The molecule has 1 aromatic carbocycles. The SMILES string of the molecule is Cc1cccc(C2(C)OCC(CO)O2)c1. The number of aryl methyl sites for hydroxylation is 1. The average Bonchev–Trinajstić information content (AvgIpc) is 2.62. The van der Waals surface area contributed by atoms with Crippen molar-refractivity contribution in [1.82, 2.24) is 0 Å². The summed E-state index contributed by atoms with van der Waals surface area (Å²) >= 11 is 0. The van der Waals surface area contributed by atoms with E-state index in [1.54, 1.807) is 0 Å². The third-order valence-corrected chi connectivity index (χ3v) is 2.68. The van der Waals surface area contributed by atoms with E-state index in [9.17, 15) is 0 Å². The van der Waals surface area contributed by atoms with Gasteiger partial charge in [-0.3, -0.25) is 0 Å². The molecule has 82 valence electrons. The number of benzene rings is 1. The van der Waals surface area contributed by atoms with Crippen molar-refractivity contribution in [3.63, 3.8) is 0 Å². The molecule has 2 unspecified atom stereocenters. The number of ether oxygens (including phenoxy) is 2. The molecule has 15 heavy (non-hydrogen) atoms. The van der Waals surface area contributed by atoms with Crippen LogP contribution in [-0.2, 0) is 15.3 Å². The highest BCUT2D eigenvalue weighted by Crippen LogP contribution is 2.33. The fourth-order valence-electron chi connectivity index (χ4n) is 1.81. The molecule has 0 saturated carbocycles. The molecule has 0 aromatic heterocycles. The van der Waals surface area contributed by atoms with Crippen LogP contribution in [0.1, 0.15) is 18.1 Å². The molecule has 1 aromatic rings. The van der Waals surface area contributed by atoms with Crippen molar-refractivity contribution >= 4 is 0 Å². The number of rotatable bonds is 2. The van der Waals surface area contributed by atoms with Gasteiger partial charge >= 0.3 is 0 Å². The molecule has 0 spiro atoms. The van der Waals surface area contributed by atoms with Crippen molar-refractivity contribution in [1.29, 1.82) is 0 Å². The molecule has 0 radical (unpaired) electrons. The minimum absolute atomic E-state index is 0.00139. The van der Waals surface area contributed by atoms with Crippen LogP contribution in [-0.4, -0.2) is 24.4 Å². The first-order valence-electron chi connectivity index (χ1n) is 5.14. The summed E-state index contributed by atoms with van der Waals surface area (Å²) in [5.41, 5.74) is 2.17. The topological polar surface area (TPSA) is 38.7 Å². The van der Waals surface area contributed by atoms with Crippen molar-refractivity contribution in [3.8, 4) is 0 Å². The summed E-state index contributed by atoms with van der Waals surface area (Å²) in [7, 11) is 0. The van der Waals surface area contributed by atoms with E-state index < -0.39 is 5.79 Å². The Morgan fingerprint density at radius 2 is 2.33 bits per heavy atom. The van der Waals surface area contributed by atoms with E-state index in [1.165, 1.54) is 5.56 Å². The molecule has 3 nitrogen and oxygen atoms in total. The molecule has 1 N–H and O–H groups in total. The lowest BCUT2D eigenvalue weighted by atomic mass is 10.1. The van der Waals surface area contributed by atoms with Crippen LogP contribution in [0.4, 0.5) is 0 Å². The second kappa shape index (κ2) is 3.93. The van der Waals surface area contributed by atoms with E-state index in [2.05, 4.69) is 0 Å². The third kappa shape index (κ3) is 2.04. The van der Waals surface area contributed by atoms with Gasteiger partial charge in [0.2, 0.25) is 0 Å². The van der Waals surface area contributed by atoms with E-state index in [4.69, 9.17) is 14.6 Å². The van der Waals surface area contributed by atoms with E-state index in [-0.39, 0.29) is 12.7 Å². The Bertz CT molecular complexity index is 350. The van der Waals surface area contributed by atoms with Crippen LogP contribution in [0.3, 0.4) is 0 Å². The average molecular weight is 208 g/mol. The van der Waals surface area contributed by atoms with Crippen molar-refractivity contribution in [2.24, 2.45) is 0 Å². The lowest BCUT2D eigenvalue weighted by Crippen LogP contribution is -2.25. The lowest BCUT2D eigenvalue weighted by molar-refractivity contribution is -0.165. The Labute approximate surface area is 89.6 Å². The number of aliphatic hydroxyl groups is 1. The summed E-state index contributed by atoms with van der Waals surface area (Å²) in [5, 5.41) is 8.99. The Balaban J connectivity index is 2.23. The van der Waals surface area contributed by atoms with Crippen LogP contribution < -0.4 is 0 Å². The fraction of sp³-hybridized carbons (Fsp3) is 0.500. The molecular formula is C12H16O3. The highest BCUT2D eigenvalue weighted by atomic mass is 16.7. The molecule has 1 aliphatic heterocycles. The molecule has 1 heterocycles. The fourth-order valence-corrected chi connectivity index (χ4v) is 1.81. The van der Waals surface area contributed by atoms with Gasteiger partial charge in [0.15, 0.2) is 5.79 Å². The predicted molar refractivity (Wildman–Crippen MR) is 56.4 cm³/mol. The first-order valence-corrected chi connectivity index (χ1v) is 5.14. The zero-order valence-corrected chi connectivity index (χ0v) is 9.06. The number of aliphatic hydroxyl groups excluding tert-OH is 1. The maximum atomic E-state index is 8.99. The van der Waals surface area contributed by atoms with Crippen LogP contribution in [0.15, 0.2) is 24.3 Å². The predicted octanol–water partition coefficient (Wildman–Crippen LogP) is 1.58. The molecule has 0 aliphatic carbocycles. The quantitative estimate of drug-likeness (QED) is 0.802. The Morgan fingerprint density at radius 1 is 1.53 bits per heavy atom. The second-order valence-electron chi connectivity index (χ2n) is 4.05. The van der Waals surface area contributed by atoms with Crippen molar-refractivity contribution in [2.75, 3.05) is 13.2 Å². The van der Waals surface area contributed by atoms with Gasteiger partial charge in [0.1, 0.15) is 6.10 Å². The van der Waals surface area contributed by atoms with Gasteiger partial charge in [-0.05, 0) is 13.8 Å². The molecule has 1 fully saturated rings. The summed E-state index contributed by atoms with van der Waals surface area (Å²) in [5.74, 6) is -0.709. The maximum absolute atomic E-state index is 8.99. The standard InChI is InChI=1S/C12H16O3/c1-9-4-3-5-10(6-9)12(2)14-8-11(7-13)15-12/h3-6,11,13H,7-8H2,1-2H3. The zero-order valence-electron chi connectivity index (χ0n) is 9.06. The summed E-state index contributed by atoms with van der Waals surface area (Å²) < 4.78 is 11.3. The highest BCUT2D eigenvalue weighted by Gasteiger charge is 2.38. The maximum Gasteiger partial charge on any atom is 0.192 e. The summed E-state index contributed by atoms with van der Waals surface area (Å²) in [6, 6.07) is 8.03. The van der Waals surface area contributed by atoms with Gasteiger partial charge in [0.05, 0.1) is 13.2 Å². The Kier molecular flexibility index (Phi) is 2.78. The van der Waals surface area contributed by atoms with E-state index in [0.29, 0.717) is 6.61 Å². The van der Waals surface area contributed by atoms with Crippen LogP contribution in [0.25, 0.3) is 0 Å². The van der Waals surface area contributed by atoms with Crippen LogP contribution in [0.5, 0.6) is 0 Å². The summed E-state index contributed by atoms with van der Waals surface area (Å²) in [6.45, 7) is 4.37. The van der Waals surface area contributed by atoms with Crippen LogP contribution >= 0.6 is 0 Å². The van der Waals surface area contributed by atoms with Gasteiger partial charge in [-0.2, -0.15) is 0 Å². The van der Waals surface area contributed by atoms with E-state index in [0.717, 1.165) is 5.56 Å². The van der Waals surface area contributed by atoms with E-state index >= 15 is 0 Å². The largest absolute Gasteiger partial charge is 0.394 e. The second-order valence-corrected chi connectivity index (χ2v) is 4.05. The highest BCUT2D eigenvalue weighted by molar-refractivity contribution is 5.26. The normalized spacial score (nSPS) is 30.7. The minimum atomic E-state index is -0.709. The molecule has 0 amide bonds. The Morgan fingerprint density at radius 3 is 2.93 bits per heavy atom. The molecule has 2 rings (SSSR count). The molecule has 1 saturated heterocycles. The van der Waals surface area contributed by atoms with Gasteiger partial charge in [-0.1, -0.05) is 29.8 Å². The van der Waals surface area contributed by atoms with Crippen molar-refractivity contribution in [3.05, 3.63) is 35.4 Å². The van der Waals surface area contributed by atoms with Crippen molar-refractivity contribution in [2.45, 2.75) is 25.7 Å². The molecular weight excluding hydrogens is 192 g/mol. The monoisotopic (exact) mass is 208 g/mol.